The largest absolute Gasteiger partial charge is 0.394 e. The van der Waals surface area contributed by atoms with E-state index >= 15 is 0 Å². The molecule has 1 saturated heterocycles. The van der Waals surface area contributed by atoms with Gasteiger partial charge in [-0.05, 0) is 26.1 Å². The van der Waals surface area contributed by atoms with Gasteiger partial charge in [0.25, 0.3) is 0 Å². The summed E-state index contributed by atoms with van der Waals surface area (Å²) in [6.07, 6.45) is -0.700. The van der Waals surface area contributed by atoms with Crippen molar-refractivity contribution in [2.75, 3.05) is 18.5 Å². The van der Waals surface area contributed by atoms with E-state index < -0.39 is 31.1 Å². The number of anilines is 1. The number of H-pyrrole nitrogens is 1. The van der Waals surface area contributed by atoms with E-state index in [-0.39, 0.29) is 4.77 Å². The van der Waals surface area contributed by atoms with E-state index in [0.29, 0.717) is 23.5 Å². The molecule has 3 heterocycles. The van der Waals surface area contributed by atoms with Gasteiger partial charge in [-0.2, -0.15) is 4.98 Å². The Hall–Kier alpha value is -1.85. The summed E-state index contributed by atoms with van der Waals surface area (Å²) < 4.78 is 7.30. The zero-order chi connectivity index (χ0) is 18.1. The summed E-state index contributed by atoms with van der Waals surface area (Å²) in [7, 11) is 0. The standard InChI is InChI=1S/C15H21N5O4S/c1-7(2)3-4-16-12-9-13(19-15(25)18-12)20(6-17-9)14-11(23)10(22)8(5-21)24-14/h3,6,8,10-11,14,21-23H,4-5H2,1-2H3,(H2,16,18,19,25)/t8-,10-,11-,14-/m1/s1. The number of aromatic nitrogens is 4. The molecule has 0 unspecified atom stereocenters. The van der Waals surface area contributed by atoms with E-state index in [2.05, 4.69) is 20.3 Å². The van der Waals surface area contributed by atoms with Crippen LogP contribution in [-0.2, 0) is 4.74 Å². The first-order valence-electron chi connectivity index (χ1n) is 7.89. The second-order valence-electron chi connectivity index (χ2n) is 6.13. The lowest BCUT2D eigenvalue weighted by Gasteiger charge is -2.16. The number of aliphatic hydroxyl groups is 3. The van der Waals surface area contributed by atoms with E-state index in [1.807, 2.05) is 19.9 Å². The molecule has 2 aromatic heterocycles. The molecule has 0 bridgehead atoms. The third kappa shape index (κ3) is 3.44. The van der Waals surface area contributed by atoms with E-state index in [4.69, 9.17) is 17.0 Å². The fraction of sp³-hybridized carbons (Fsp3) is 0.533. The summed E-state index contributed by atoms with van der Waals surface area (Å²) in [5.41, 5.74) is 2.13. The van der Waals surface area contributed by atoms with Crippen molar-refractivity contribution in [2.45, 2.75) is 38.4 Å². The molecule has 0 aromatic carbocycles. The van der Waals surface area contributed by atoms with Gasteiger partial charge in [0.05, 0.1) is 12.9 Å². The number of rotatable bonds is 5. The van der Waals surface area contributed by atoms with Crippen molar-refractivity contribution in [3.8, 4) is 0 Å². The molecule has 4 atom stereocenters. The van der Waals surface area contributed by atoms with Gasteiger partial charge in [0, 0.05) is 6.54 Å². The lowest BCUT2D eigenvalue weighted by molar-refractivity contribution is -0.0511. The number of ether oxygens (including phenoxy) is 1. The first-order valence-corrected chi connectivity index (χ1v) is 8.29. The fourth-order valence-corrected chi connectivity index (χ4v) is 2.90. The van der Waals surface area contributed by atoms with Crippen LogP contribution in [-0.4, -0.2) is 66.3 Å². The fourth-order valence-electron chi connectivity index (χ4n) is 2.71. The Balaban J connectivity index is 1.98. The highest BCUT2D eigenvalue weighted by atomic mass is 32.1. The number of hydrogen-bond donors (Lipinski definition) is 5. The second-order valence-corrected chi connectivity index (χ2v) is 6.52. The predicted molar refractivity (Wildman–Crippen MR) is 93.6 cm³/mol. The molecule has 9 nitrogen and oxygen atoms in total. The Morgan fingerprint density at radius 3 is 2.84 bits per heavy atom. The first kappa shape index (κ1) is 18.0. The average molecular weight is 367 g/mol. The molecule has 25 heavy (non-hydrogen) atoms. The van der Waals surface area contributed by atoms with Crippen LogP contribution in [0.15, 0.2) is 18.0 Å². The molecule has 136 valence electrons. The van der Waals surface area contributed by atoms with Gasteiger partial charge in [-0.3, -0.25) is 4.57 Å². The maximum atomic E-state index is 10.2. The predicted octanol–water partition coefficient (Wildman–Crippen LogP) is 0.478. The van der Waals surface area contributed by atoms with Crippen LogP contribution in [0.3, 0.4) is 0 Å². The molecule has 0 radical (unpaired) electrons. The van der Waals surface area contributed by atoms with Crippen LogP contribution in [0.2, 0.25) is 0 Å². The van der Waals surface area contributed by atoms with Gasteiger partial charge in [0.2, 0.25) is 0 Å². The zero-order valence-electron chi connectivity index (χ0n) is 13.9. The maximum Gasteiger partial charge on any atom is 0.200 e. The molecule has 0 spiro atoms. The number of fused-ring (bicyclic) bond motifs is 1. The SMILES string of the molecule is CC(C)=CCNc1[nH]c(=S)nc2c1ncn2[C@@H]1O[C@H](CO)[C@@H](O)[C@H]1O. The van der Waals surface area contributed by atoms with Gasteiger partial charge >= 0.3 is 0 Å². The minimum atomic E-state index is -1.21. The molecule has 1 aliphatic heterocycles. The minimum Gasteiger partial charge on any atom is -0.394 e. The number of aromatic amines is 1. The molecule has 1 aliphatic rings. The summed E-state index contributed by atoms with van der Waals surface area (Å²) in [6.45, 7) is 4.20. The normalized spacial score (nSPS) is 26.1. The van der Waals surface area contributed by atoms with E-state index in [1.54, 1.807) is 0 Å². The van der Waals surface area contributed by atoms with Crippen LogP contribution in [0, 0.1) is 4.77 Å². The number of nitrogens with one attached hydrogen (secondary N) is 2. The lowest BCUT2D eigenvalue weighted by Crippen LogP contribution is -2.33. The molecule has 1 fully saturated rings. The average Bonchev–Trinajstić information content (AvgIpc) is 3.09. The molecule has 0 amide bonds. The summed E-state index contributed by atoms with van der Waals surface area (Å²) in [5, 5.41) is 32.6. The molecule has 3 rings (SSSR count). The van der Waals surface area contributed by atoms with Crippen molar-refractivity contribution in [3.05, 3.63) is 22.7 Å². The van der Waals surface area contributed by atoms with Crippen molar-refractivity contribution in [1.29, 1.82) is 0 Å². The third-order valence-corrected chi connectivity index (χ3v) is 4.22. The van der Waals surface area contributed by atoms with Crippen LogP contribution in [0.25, 0.3) is 11.2 Å². The Kier molecular flexibility index (Phi) is 5.16. The first-order chi connectivity index (χ1) is 11.9. The van der Waals surface area contributed by atoms with Crippen molar-refractivity contribution in [1.82, 2.24) is 19.5 Å². The van der Waals surface area contributed by atoms with Crippen LogP contribution in [0.4, 0.5) is 5.82 Å². The van der Waals surface area contributed by atoms with Gasteiger partial charge in [-0.15, -0.1) is 0 Å². The number of allylic oxidation sites excluding steroid dienone is 1. The van der Waals surface area contributed by atoms with E-state index in [1.165, 1.54) is 16.5 Å². The number of nitrogens with zero attached hydrogens (tertiary/aromatic N) is 3. The van der Waals surface area contributed by atoms with Crippen LogP contribution >= 0.6 is 12.2 Å². The molecule has 0 saturated carbocycles. The van der Waals surface area contributed by atoms with Crippen molar-refractivity contribution in [3.63, 3.8) is 0 Å². The number of imidazole rings is 1. The molecule has 2 aromatic rings. The van der Waals surface area contributed by atoms with Crippen molar-refractivity contribution < 1.29 is 20.1 Å². The van der Waals surface area contributed by atoms with Crippen molar-refractivity contribution >= 4 is 29.2 Å². The van der Waals surface area contributed by atoms with E-state index in [0.717, 1.165) is 0 Å². The highest BCUT2D eigenvalue weighted by molar-refractivity contribution is 7.71. The molecule has 10 heteroatoms. The highest BCUT2D eigenvalue weighted by Gasteiger charge is 2.44. The monoisotopic (exact) mass is 367 g/mol. The smallest absolute Gasteiger partial charge is 0.200 e. The van der Waals surface area contributed by atoms with Gasteiger partial charge in [0.1, 0.15) is 29.6 Å². The maximum absolute atomic E-state index is 10.2. The third-order valence-electron chi connectivity index (χ3n) is 4.02. The summed E-state index contributed by atoms with van der Waals surface area (Å²) >= 11 is 5.17. The van der Waals surface area contributed by atoms with Crippen LogP contribution in [0.1, 0.15) is 20.1 Å². The molecule has 0 aliphatic carbocycles. The van der Waals surface area contributed by atoms with Crippen LogP contribution < -0.4 is 5.32 Å². The van der Waals surface area contributed by atoms with Crippen molar-refractivity contribution in [2.24, 2.45) is 0 Å². The Bertz CT molecular complexity index is 844. The summed E-state index contributed by atoms with van der Waals surface area (Å²) in [5.74, 6) is 0.609. The quantitative estimate of drug-likeness (QED) is 0.381. The minimum absolute atomic E-state index is 0.251. The van der Waals surface area contributed by atoms with Gasteiger partial charge in [-0.25, -0.2) is 4.98 Å². The molecular weight excluding hydrogens is 346 g/mol. The number of aliphatic hydroxyl groups excluding tert-OH is 3. The Morgan fingerprint density at radius 1 is 1.44 bits per heavy atom. The molecular formula is C15H21N5O4S. The Morgan fingerprint density at radius 2 is 2.20 bits per heavy atom. The highest BCUT2D eigenvalue weighted by Crippen LogP contribution is 2.32. The van der Waals surface area contributed by atoms with Gasteiger partial charge in [-0.1, -0.05) is 11.6 Å². The van der Waals surface area contributed by atoms with Crippen LogP contribution in [0.5, 0.6) is 0 Å². The van der Waals surface area contributed by atoms with Gasteiger partial charge < -0.3 is 30.4 Å². The zero-order valence-corrected chi connectivity index (χ0v) is 14.7. The topological polar surface area (TPSA) is 128 Å². The second kappa shape index (κ2) is 7.18. The molecule has 5 N–H and O–H groups in total. The summed E-state index contributed by atoms with van der Waals surface area (Å²) in [6, 6.07) is 0. The lowest BCUT2D eigenvalue weighted by atomic mass is 10.1. The summed E-state index contributed by atoms with van der Waals surface area (Å²) in [4.78, 5) is 11.5. The Labute approximate surface area is 149 Å². The number of hydrogen-bond acceptors (Lipinski definition) is 8. The van der Waals surface area contributed by atoms with E-state index in [9.17, 15) is 15.3 Å². The van der Waals surface area contributed by atoms with Gasteiger partial charge in [0.15, 0.2) is 16.6 Å².